The van der Waals surface area contributed by atoms with Crippen molar-refractivity contribution in [2.75, 3.05) is 138 Å². The quantitative estimate of drug-likeness (QED) is 0.106. The monoisotopic (exact) mass is 1070 g/mol. The van der Waals surface area contributed by atoms with E-state index in [0.29, 0.717) is 93.2 Å². The molecule has 4 aliphatic heterocycles. The zero-order valence-corrected chi connectivity index (χ0v) is 45.0. The van der Waals surface area contributed by atoms with Crippen LogP contribution in [0.15, 0.2) is 84.9 Å². The normalized spacial score (nSPS) is 17.6. The van der Waals surface area contributed by atoms with Crippen molar-refractivity contribution in [3.63, 3.8) is 0 Å². The van der Waals surface area contributed by atoms with Crippen molar-refractivity contribution in [2.24, 2.45) is 5.73 Å². The summed E-state index contributed by atoms with van der Waals surface area (Å²) in [5, 5.41) is 2.62. The van der Waals surface area contributed by atoms with E-state index in [1.807, 2.05) is 58.3 Å². The van der Waals surface area contributed by atoms with E-state index in [-0.39, 0.29) is 56.7 Å². The molecule has 3 N–H and O–H groups in total. The molecule has 4 aliphatic rings. The molecule has 0 unspecified atom stereocenters. The van der Waals surface area contributed by atoms with Crippen molar-refractivity contribution in [1.29, 1.82) is 0 Å². The van der Waals surface area contributed by atoms with Gasteiger partial charge >= 0.3 is 12.2 Å². The molecule has 77 heavy (non-hydrogen) atoms. The van der Waals surface area contributed by atoms with E-state index >= 15 is 4.39 Å². The van der Waals surface area contributed by atoms with E-state index in [0.717, 1.165) is 39.3 Å². The Balaban J connectivity index is 0.000000224. The molecule has 0 saturated carbocycles. The number of cyclic esters (lactones) is 2. The molecule has 4 fully saturated rings. The minimum Gasteiger partial charge on any atom is -0.484 e. The van der Waals surface area contributed by atoms with Crippen molar-refractivity contribution in [1.82, 2.24) is 24.9 Å². The molecule has 0 aliphatic carbocycles. The smallest absolute Gasteiger partial charge is 0.414 e. The van der Waals surface area contributed by atoms with Crippen LogP contribution in [-0.2, 0) is 36.9 Å². The van der Waals surface area contributed by atoms with Gasteiger partial charge < -0.3 is 49.6 Å². The van der Waals surface area contributed by atoms with Crippen molar-refractivity contribution in [3.8, 4) is 11.5 Å². The molecular weight excluding hydrogens is 995 g/mol. The van der Waals surface area contributed by atoms with Crippen LogP contribution < -0.4 is 40.1 Å². The number of nitrogens with zero attached hydrogens (tertiary/aromatic N) is 8. The Bertz CT molecular complexity index is 2610. The predicted molar refractivity (Wildman–Crippen MR) is 290 cm³/mol. The van der Waals surface area contributed by atoms with E-state index in [9.17, 15) is 28.4 Å². The first-order chi connectivity index (χ1) is 37.2. The molecule has 0 spiro atoms. The summed E-state index contributed by atoms with van der Waals surface area (Å²) in [7, 11) is 0. The summed E-state index contributed by atoms with van der Waals surface area (Å²) in [6, 6.07) is 25.0. The third kappa shape index (κ3) is 15.7. The highest BCUT2D eigenvalue weighted by molar-refractivity contribution is 5.91. The van der Waals surface area contributed by atoms with Crippen molar-refractivity contribution >= 4 is 52.7 Å². The van der Waals surface area contributed by atoms with Gasteiger partial charge in [0.05, 0.1) is 42.4 Å². The fraction of sp³-hybridized carbons (Fsp3) is 0.482. The van der Waals surface area contributed by atoms with E-state index in [1.165, 1.54) is 40.0 Å². The molecule has 4 aromatic carbocycles. The van der Waals surface area contributed by atoms with Gasteiger partial charge in [0.1, 0.15) is 35.3 Å². The second-order valence-corrected chi connectivity index (χ2v) is 19.2. The van der Waals surface area contributed by atoms with E-state index < -0.39 is 29.9 Å². The highest BCUT2D eigenvalue weighted by Crippen LogP contribution is 2.31. The first kappa shape index (κ1) is 57.5. The highest BCUT2D eigenvalue weighted by Gasteiger charge is 2.34. The Morgan fingerprint density at radius 2 is 0.987 bits per heavy atom. The summed E-state index contributed by atoms with van der Waals surface area (Å²) in [6.07, 6.45) is -1.98. The number of carbonyl (C=O) groups excluding carboxylic acids is 5. The molecule has 5 amide bonds. The molecular formula is C56H74F2N10O9. The number of rotatable bonds is 21. The molecule has 19 nitrogen and oxygen atoms in total. The number of anilines is 4. The SMILES string of the molecule is CCN(CC)Cc1ccc(OCC(=O)N2CCN(c3ccc(N4C[C@H](CN)OC4=O)cc3F)CC2)cc1.CCN(CC)Cc1ccc(OCC(=O)N2CCN(c3ccc(N4C[C@H](CNC(C)=O)OC4=O)cc3F)CC2)cc1. The maximum absolute atomic E-state index is 15.1. The number of hydrogen-bond donors (Lipinski definition) is 2. The second-order valence-electron chi connectivity index (χ2n) is 19.2. The number of piperazine rings is 2. The highest BCUT2D eigenvalue weighted by atomic mass is 19.1. The minimum atomic E-state index is -0.576. The first-order valence-electron chi connectivity index (χ1n) is 26.6. The zero-order valence-electron chi connectivity index (χ0n) is 45.0. The molecule has 4 saturated heterocycles. The van der Waals surface area contributed by atoms with Crippen LogP contribution in [0.25, 0.3) is 0 Å². The van der Waals surface area contributed by atoms with Crippen LogP contribution in [0, 0.1) is 11.6 Å². The van der Waals surface area contributed by atoms with Crippen LogP contribution in [-0.4, -0.2) is 180 Å². The molecule has 0 aromatic heterocycles. The summed E-state index contributed by atoms with van der Waals surface area (Å²) >= 11 is 0. The topological polar surface area (TPSA) is 186 Å². The fourth-order valence-corrected chi connectivity index (χ4v) is 9.45. The van der Waals surface area contributed by atoms with Gasteiger partial charge in [-0.1, -0.05) is 52.0 Å². The third-order valence-electron chi connectivity index (χ3n) is 14.2. The lowest BCUT2D eigenvalue weighted by Gasteiger charge is -2.36. The third-order valence-corrected chi connectivity index (χ3v) is 14.2. The molecule has 4 aromatic rings. The molecule has 2 atom stereocenters. The summed E-state index contributed by atoms with van der Waals surface area (Å²) in [5.41, 5.74) is 9.67. The van der Waals surface area contributed by atoms with Crippen LogP contribution in [0.4, 0.5) is 41.1 Å². The standard InChI is InChI=1S/C29H38FN5O5.C27H36FN5O4/c1-4-32(5-2)18-22-6-9-24(10-7-22)39-20-28(37)34-14-12-33(13-15-34)27-11-8-23(16-26(27)30)35-19-25(40-29(35)38)17-31-21(3)36;1-3-30(4-2)17-20-5-8-22(9-6-20)36-19-26(34)32-13-11-31(12-14-32)25-10-7-21(15-24(25)28)33-18-23(16-29)37-27(33)35/h6-11,16,25H,4-5,12-15,17-20H2,1-3H3,(H,31,36);5-10,15,23H,3-4,11-14,16-19,29H2,1-2H3/t25-;23-/m00/s1. The molecule has 8 rings (SSSR count). The number of carbonyl (C=O) groups is 5. The Kier molecular flexibility index (Phi) is 20.7. The second kappa shape index (κ2) is 27.7. The number of amides is 5. The summed E-state index contributed by atoms with van der Waals surface area (Å²) in [6.45, 7) is 20.4. The Morgan fingerprint density at radius 1 is 0.597 bits per heavy atom. The van der Waals surface area contributed by atoms with Gasteiger partial charge in [0.2, 0.25) is 5.91 Å². The average molecular weight is 1070 g/mol. The van der Waals surface area contributed by atoms with Gasteiger partial charge in [-0.05, 0) is 98.0 Å². The number of hydrogen-bond acceptors (Lipinski definition) is 14. The molecule has 416 valence electrons. The van der Waals surface area contributed by atoms with E-state index in [1.54, 1.807) is 34.1 Å². The lowest BCUT2D eigenvalue weighted by Crippen LogP contribution is -2.50. The number of nitrogens with one attached hydrogen (secondary N) is 1. The molecule has 4 heterocycles. The largest absolute Gasteiger partial charge is 0.484 e. The first-order valence-corrected chi connectivity index (χ1v) is 26.6. The van der Waals surface area contributed by atoms with Gasteiger partial charge in [-0.15, -0.1) is 0 Å². The Hall–Kier alpha value is -7.23. The molecule has 21 heteroatoms. The van der Waals surface area contributed by atoms with Crippen LogP contribution in [0.3, 0.4) is 0 Å². The van der Waals surface area contributed by atoms with Gasteiger partial charge in [0.15, 0.2) is 13.2 Å². The van der Waals surface area contributed by atoms with Crippen LogP contribution in [0.2, 0.25) is 0 Å². The Morgan fingerprint density at radius 3 is 1.34 bits per heavy atom. The van der Waals surface area contributed by atoms with Gasteiger partial charge in [-0.3, -0.25) is 34.0 Å². The summed E-state index contributed by atoms with van der Waals surface area (Å²) in [5.74, 6) is 0.0271. The number of halogens is 2. The zero-order chi connectivity index (χ0) is 55.0. The van der Waals surface area contributed by atoms with Gasteiger partial charge in [0.25, 0.3) is 11.8 Å². The van der Waals surface area contributed by atoms with Gasteiger partial charge in [-0.25, -0.2) is 18.4 Å². The van der Waals surface area contributed by atoms with E-state index in [4.69, 9.17) is 24.7 Å². The fourth-order valence-electron chi connectivity index (χ4n) is 9.45. The van der Waals surface area contributed by atoms with Crippen molar-refractivity contribution in [2.45, 2.75) is 59.9 Å². The minimum absolute atomic E-state index is 0.0336. The number of ether oxygens (including phenoxy) is 4. The van der Waals surface area contributed by atoms with Crippen LogP contribution >= 0.6 is 0 Å². The lowest BCUT2D eigenvalue weighted by atomic mass is 10.2. The predicted octanol–water partition coefficient (Wildman–Crippen LogP) is 5.54. The van der Waals surface area contributed by atoms with Crippen molar-refractivity contribution in [3.05, 3.63) is 108 Å². The molecule has 0 radical (unpaired) electrons. The summed E-state index contributed by atoms with van der Waals surface area (Å²) in [4.78, 5) is 75.5. The number of nitrogens with two attached hydrogens (primary N) is 1. The maximum Gasteiger partial charge on any atom is 0.414 e. The van der Waals surface area contributed by atoms with Crippen LogP contribution in [0.1, 0.15) is 45.7 Å². The molecule has 0 bridgehead atoms. The maximum atomic E-state index is 15.1. The van der Waals surface area contributed by atoms with E-state index in [2.05, 4.69) is 42.8 Å². The van der Waals surface area contributed by atoms with Gasteiger partial charge in [0, 0.05) is 78.9 Å². The summed E-state index contributed by atoms with van der Waals surface area (Å²) < 4.78 is 51.9. The number of benzene rings is 4. The lowest BCUT2D eigenvalue weighted by molar-refractivity contribution is -0.134. The van der Waals surface area contributed by atoms with Crippen LogP contribution in [0.5, 0.6) is 11.5 Å². The average Bonchev–Trinajstić information content (AvgIpc) is 4.03. The van der Waals surface area contributed by atoms with Crippen molar-refractivity contribution < 1.29 is 51.7 Å². The van der Waals surface area contributed by atoms with Gasteiger partial charge in [-0.2, -0.15) is 0 Å². The Labute approximate surface area is 450 Å².